The molecule has 0 saturated carbocycles. The number of benzene rings is 1. The first kappa shape index (κ1) is 18.4. The van der Waals surface area contributed by atoms with Crippen LogP contribution in [0.2, 0.25) is 5.02 Å². The number of carbonyl (C=O) groups is 2. The Balaban J connectivity index is 2.25. The molecule has 1 atom stereocenters. The van der Waals surface area contributed by atoms with E-state index in [0.717, 1.165) is 0 Å². The van der Waals surface area contributed by atoms with Crippen LogP contribution in [0.25, 0.3) is 10.9 Å². The second-order valence-electron chi connectivity index (χ2n) is 6.42. The number of halogens is 3. The highest BCUT2D eigenvalue weighted by Gasteiger charge is 2.33. The molecule has 1 aromatic heterocycles. The quantitative estimate of drug-likeness (QED) is 0.799. The van der Waals surface area contributed by atoms with E-state index in [-0.39, 0.29) is 33.9 Å². The smallest absolute Gasteiger partial charge is 0.253 e. The number of H-pyrrole nitrogens is 1. The lowest BCUT2D eigenvalue weighted by Crippen LogP contribution is -2.38. The highest BCUT2D eigenvalue weighted by Crippen LogP contribution is 2.41. The molecule has 1 aliphatic rings. The third kappa shape index (κ3) is 2.76. The summed E-state index contributed by atoms with van der Waals surface area (Å²) >= 11 is 6.32. The van der Waals surface area contributed by atoms with Gasteiger partial charge in [0.1, 0.15) is 5.56 Å². The summed E-state index contributed by atoms with van der Waals surface area (Å²) in [5, 5.41) is 0.457. The third-order valence-electron chi connectivity index (χ3n) is 4.84. The highest BCUT2D eigenvalue weighted by atomic mass is 35.5. The molecule has 2 amide bonds. The fourth-order valence-electron chi connectivity index (χ4n) is 3.65. The first-order valence-electron chi connectivity index (χ1n) is 8.17. The number of nitrogens with zero attached hydrogens (tertiary/aromatic N) is 1. The lowest BCUT2D eigenvalue weighted by Gasteiger charge is -2.33. The minimum absolute atomic E-state index is 0.0680. The summed E-state index contributed by atoms with van der Waals surface area (Å²) in [7, 11) is 0. The predicted molar refractivity (Wildman–Crippen MR) is 95.2 cm³/mol. The fraction of sp³-hybridized carbons (Fsp3) is 0.333. The van der Waals surface area contributed by atoms with Crippen LogP contribution in [0.4, 0.5) is 8.78 Å². The van der Waals surface area contributed by atoms with Gasteiger partial charge in [-0.05, 0) is 25.8 Å². The molecule has 1 aliphatic heterocycles. The van der Waals surface area contributed by atoms with Gasteiger partial charge in [-0.15, -0.1) is 0 Å². The average Bonchev–Trinajstić information content (AvgIpc) is 2.89. The van der Waals surface area contributed by atoms with E-state index in [1.54, 1.807) is 11.8 Å². The number of fused-ring (bicyclic) bond motifs is 1. The zero-order valence-corrected chi connectivity index (χ0v) is 14.9. The molecule has 3 N–H and O–H groups in total. The summed E-state index contributed by atoms with van der Waals surface area (Å²) < 4.78 is 29.6. The van der Waals surface area contributed by atoms with Gasteiger partial charge < -0.3 is 15.6 Å². The van der Waals surface area contributed by atoms with Gasteiger partial charge in [0.05, 0.1) is 10.5 Å². The second-order valence-corrected chi connectivity index (χ2v) is 6.80. The molecule has 0 unspecified atom stereocenters. The maximum absolute atomic E-state index is 15.0. The summed E-state index contributed by atoms with van der Waals surface area (Å²) in [5.74, 6) is -4.26. The van der Waals surface area contributed by atoms with Gasteiger partial charge in [-0.3, -0.25) is 9.59 Å². The largest absolute Gasteiger partial charge is 0.365 e. The van der Waals surface area contributed by atoms with Gasteiger partial charge in [-0.2, -0.15) is 0 Å². The number of aryl methyl sites for hydroxylation is 1. The zero-order valence-electron chi connectivity index (χ0n) is 14.2. The second kappa shape index (κ2) is 6.72. The standard InChI is InChI=1S/C18H18ClF2N3O2/c1-3-10(25)24-6-4-5-9(7-24)11-12-14(19)8(2)23-17(12)13(18(22)26)16(21)15(11)20/h3,9,23H,1,4-7H2,2H3,(H2,22,26)/t9-/m1/s1. The van der Waals surface area contributed by atoms with Crippen molar-refractivity contribution in [3.63, 3.8) is 0 Å². The molecular formula is C18H18ClF2N3O2. The Kier molecular flexibility index (Phi) is 4.75. The third-order valence-corrected chi connectivity index (χ3v) is 5.31. The molecule has 138 valence electrons. The van der Waals surface area contributed by atoms with Crippen LogP contribution in [0.5, 0.6) is 0 Å². The lowest BCUT2D eigenvalue weighted by atomic mass is 9.86. The number of primary amides is 1. The Morgan fingerprint density at radius 3 is 2.69 bits per heavy atom. The molecule has 0 radical (unpaired) electrons. The summed E-state index contributed by atoms with van der Waals surface area (Å²) in [6, 6.07) is 0. The Hall–Kier alpha value is -2.41. The van der Waals surface area contributed by atoms with Crippen molar-refractivity contribution in [3.8, 4) is 0 Å². The molecular weight excluding hydrogens is 364 g/mol. The molecule has 1 fully saturated rings. The van der Waals surface area contributed by atoms with Crippen molar-refractivity contribution in [1.82, 2.24) is 9.88 Å². The van der Waals surface area contributed by atoms with E-state index in [9.17, 15) is 18.4 Å². The zero-order chi connectivity index (χ0) is 19.2. The van der Waals surface area contributed by atoms with Crippen LogP contribution < -0.4 is 5.73 Å². The molecule has 0 spiro atoms. The molecule has 8 heteroatoms. The van der Waals surface area contributed by atoms with E-state index in [2.05, 4.69) is 11.6 Å². The number of nitrogens with one attached hydrogen (secondary N) is 1. The van der Waals surface area contributed by atoms with E-state index < -0.39 is 29.0 Å². The molecule has 2 aromatic rings. The van der Waals surface area contributed by atoms with Gasteiger partial charge in [0, 0.05) is 35.7 Å². The van der Waals surface area contributed by atoms with E-state index in [0.29, 0.717) is 25.1 Å². The Labute approximate surface area is 153 Å². The van der Waals surface area contributed by atoms with Crippen molar-refractivity contribution < 1.29 is 18.4 Å². The average molecular weight is 382 g/mol. The molecule has 2 heterocycles. The number of hydrogen-bond donors (Lipinski definition) is 2. The molecule has 0 bridgehead atoms. The van der Waals surface area contributed by atoms with Gasteiger partial charge in [-0.25, -0.2) is 8.78 Å². The number of hydrogen-bond acceptors (Lipinski definition) is 2. The number of likely N-dealkylation sites (tertiary alicyclic amines) is 1. The van der Waals surface area contributed by atoms with Crippen molar-refractivity contribution in [1.29, 1.82) is 0 Å². The summed E-state index contributed by atoms with van der Waals surface area (Å²) in [6.45, 7) is 5.84. The number of nitrogens with two attached hydrogens (primary N) is 1. The van der Waals surface area contributed by atoms with E-state index in [4.69, 9.17) is 17.3 Å². The highest BCUT2D eigenvalue weighted by molar-refractivity contribution is 6.37. The molecule has 1 saturated heterocycles. The number of rotatable bonds is 3. The molecule has 26 heavy (non-hydrogen) atoms. The topological polar surface area (TPSA) is 79.2 Å². The van der Waals surface area contributed by atoms with Crippen LogP contribution in [-0.2, 0) is 4.79 Å². The summed E-state index contributed by atoms with van der Waals surface area (Å²) in [4.78, 5) is 28.0. The van der Waals surface area contributed by atoms with Crippen LogP contribution in [0.15, 0.2) is 12.7 Å². The first-order valence-corrected chi connectivity index (χ1v) is 8.55. The van der Waals surface area contributed by atoms with Crippen molar-refractivity contribution >= 4 is 34.3 Å². The van der Waals surface area contributed by atoms with Crippen LogP contribution in [0, 0.1) is 18.6 Å². The first-order chi connectivity index (χ1) is 12.3. The number of amides is 2. The minimum atomic E-state index is -1.30. The molecule has 5 nitrogen and oxygen atoms in total. The Morgan fingerprint density at radius 2 is 2.08 bits per heavy atom. The van der Waals surface area contributed by atoms with Gasteiger partial charge in [-0.1, -0.05) is 18.2 Å². The summed E-state index contributed by atoms with van der Waals surface area (Å²) in [6.07, 6.45) is 2.38. The van der Waals surface area contributed by atoms with Crippen molar-refractivity contribution in [2.24, 2.45) is 5.73 Å². The van der Waals surface area contributed by atoms with Gasteiger partial charge in [0.15, 0.2) is 11.6 Å². The minimum Gasteiger partial charge on any atom is -0.365 e. The van der Waals surface area contributed by atoms with Gasteiger partial charge in [0.25, 0.3) is 5.91 Å². The molecule has 3 rings (SSSR count). The maximum Gasteiger partial charge on any atom is 0.253 e. The fourth-order valence-corrected chi connectivity index (χ4v) is 3.89. The van der Waals surface area contributed by atoms with Crippen LogP contribution >= 0.6 is 11.6 Å². The van der Waals surface area contributed by atoms with E-state index >= 15 is 0 Å². The van der Waals surface area contributed by atoms with Gasteiger partial charge in [0.2, 0.25) is 5.91 Å². The van der Waals surface area contributed by atoms with Gasteiger partial charge >= 0.3 is 0 Å². The Bertz CT molecular complexity index is 939. The van der Waals surface area contributed by atoms with Crippen molar-refractivity contribution in [2.75, 3.05) is 13.1 Å². The number of carbonyl (C=O) groups excluding carboxylic acids is 2. The van der Waals surface area contributed by atoms with Crippen molar-refractivity contribution in [3.05, 3.63) is 46.1 Å². The Morgan fingerprint density at radius 1 is 1.38 bits per heavy atom. The van der Waals surface area contributed by atoms with E-state index in [1.165, 1.54) is 6.08 Å². The normalized spacial score (nSPS) is 17.5. The van der Waals surface area contributed by atoms with E-state index in [1.807, 2.05) is 0 Å². The molecule has 1 aromatic carbocycles. The van der Waals surface area contributed by atoms with Crippen LogP contribution in [0.3, 0.4) is 0 Å². The lowest BCUT2D eigenvalue weighted by molar-refractivity contribution is -0.127. The maximum atomic E-state index is 15.0. The predicted octanol–water partition coefficient (Wildman–Crippen LogP) is 3.40. The summed E-state index contributed by atoms with van der Waals surface area (Å²) in [5.41, 5.74) is 5.32. The number of aromatic amines is 1. The SMILES string of the molecule is C=CC(=O)N1CCC[C@@H](c2c(F)c(F)c(C(N)=O)c3[nH]c(C)c(Cl)c23)C1. The number of piperidine rings is 1. The van der Waals surface area contributed by atoms with Crippen LogP contribution in [-0.4, -0.2) is 34.8 Å². The number of aromatic nitrogens is 1. The molecule has 0 aliphatic carbocycles. The van der Waals surface area contributed by atoms with Crippen LogP contribution in [0.1, 0.15) is 40.4 Å². The monoisotopic (exact) mass is 381 g/mol. The van der Waals surface area contributed by atoms with Crippen molar-refractivity contribution in [2.45, 2.75) is 25.7 Å².